The topological polar surface area (TPSA) is 77.7 Å². The lowest BCUT2D eigenvalue weighted by Gasteiger charge is -2.05. The van der Waals surface area contributed by atoms with Crippen LogP contribution in [0.2, 0.25) is 0 Å². The maximum absolute atomic E-state index is 12.2. The van der Waals surface area contributed by atoms with Gasteiger partial charge in [0.15, 0.2) is 5.17 Å². The number of amides is 1. The Kier molecular flexibility index (Phi) is 3.96. The summed E-state index contributed by atoms with van der Waals surface area (Å²) in [5, 5.41) is 12.4. The van der Waals surface area contributed by atoms with Crippen LogP contribution in [0.25, 0.3) is 17.0 Å². The van der Waals surface area contributed by atoms with Crippen LogP contribution in [0.4, 0.5) is 0 Å². The second-order valence-electron chi connectivity index (χ2n) is 5.08. The Morgan fingerprint density at radius 3 is 2.78 bits per heavy atom. The van der Waals surface area contributed by atoms with Gasteiger partial charge in [-0.15, -0.1) is 0 Å². The van der Waals surface area contributed by atoms with E-state index in [1.807, 2.05) is 24.3 Å². The number of fused-ring (bicyclic) bond motifs is 1. The SMILES string of the molecule is CN=C1S/C(=C\c2cn(CC(=O)[O-])c3ccccc23)C(=O)N1C. The van der Waals surface area contributed by atoms with Gasteiger partial charge in [-0.2, -0.15) is 0 Å². The molecule has 1 fully saturated rings. The van der Waals surface area contributed by atoms with Gasteiger partial charge < -0.3 is 14.5 Å². The minimum Gasteiger partial charge on any atom is -0.548 e. The number of hydrogen-bond acceptors (Lipinski definition) is 5. The first-order valence-electron chi connectivity index (χ1n) is 6.93. The monoisotopic (exact) mass is 328 g/mol. The standard InChI is InChI=1S/C16H15N3O3S/c1-17-16-18(2)15(22)13(23-16)7-10-8-19(9-14(20)21)12-6-4-3-5-11(10)12/h3-8H,9H2,1-2H3,(H,20,21)/p-1/b13-7-,17-16?. The highest BCUT2D eigenvalue weighted by Gasteiger charge is 2.29. The Hall–Kier alpha value is -2.54. The zero-order valence-corrected chi connectivity index (χ0v) is 13.5. The number of aliphatic carboxylic acids is 1. The van der Waals surface area contributed by atoms with Gasteiger partial charge in [0, 0.05) is 36.8 Å². The Balaban J connectivity index is 2.09. The van der Waals surface area contributed by atoms with Crippen molar-refractivity contribution in [1.29, 1.82) is 0 Å². The van der Waals surface area contributed by atoms with Crippen LogP contribution < -0.4 is 5.11 Å². The number of carboxylic acids is 1. The molecule has 3 rings (SSSR count). The summed E-state index contributed by atoms with van der Waals surface area (Å²) in [4.78, 5) is 29.3. The highest BCUT2D eigenvalue weighted by atomic mass is 32.2. The van der Waals surface area contributed by atoms with E-state index in [2.05, 4.69) is 4.99 Å². The third-order valence-corrected chi connectivity index (χ3v) is 4.75. The van der Waals surface area contributed by atoms with E-state index >= 15 is 0 Å². The van der Waals surface area contributed by atoms with E-state index in [-0.39, 0.29) is 12.5 Å². The number of carboxylic acid groups (broad SMARTS) is 1. The third-order valence-electron chi connectivity index (χ3n) is 3.60. The van der Waals surface area contributed by atoms with Crippen LogP contribution in [-0.2, 0) is 16.1 Å². The van der Waals surface area contributed by atoms with E-state index in [4.69, 9.17) is 0 Å². The van der Waals surface area contributed by atoms with Gasteiger partial charge in [0.25, 0.3) is 5.91 Å². The normalized spacial score (nSPS) is 18.5. The number of aliphatic imine (C=N–C) groups is 1. The minimum absolute atomic E-state index is 0.118. The average molecular weight is 328 g/mol. The van der Waals surface area contributed by atoms with Crippen molar-refractivity contribution in [1.82, 2.24) is 9.47 Å². The van der Waals surface area contributed by atoms with E-state index in [9.17, 15) is 14.7 Å². The molecule has 1 aromatic carbocycles. The summed E-state index contributed by atoms with van der Waals surface area (Å²) in [6.07, 6.45) is 3.50. The molecule has 1 aliphatic heterocycles. The third kappa shape index (κ3) is 2.75. The first kappa shape index (κ1) is 15.4. The van der Waals surface area contributed by atoms with Gasteiger partial charge >= 0.3 is 0 Å². The average Bonchev–Trinajstić information content (AvgIpc) is 3.00. The second-order valence-corrected chi connectivity index (χ2v) is 6.09. The Bertz CT molecular complexity index is 867. The molecule has 1 saturated heterocycles. The summed E-state index contributed by atoms with van der Waals surface area (Å²) in [6.45, 7) is -0.230. The fourth-order valence-corrected chi connectivity index (χ4v) is 3.47. The number of carbonyl (C=O) groups excluding carboxylic acids is 2. The van der Waals surface area contributed by atoms with Crippen LogP contribution in [0, 0.1) is 0 Å². The Morgan fingerprint density at radius 1 is 1.39 bits per heavy atom. The summed E-state index contributed by atoms with van der Waals surface area (Å²) >= 11 is 1.30. The van der Waals surface area contributed by atoms with Crippen molar-refractivity contribution in [2.45, 2.75) is 6.54 Å². The van der Waals surface area contributed by atoms with Crippen molar-refractivity contribution in [2.75, 3.05) is 14.1 Å². The van der Waals surface area contributed by atoms with Gasteiger partial charge in [0.2, 0.25) is 0 Å². The van der Waals surface area contributed by atoms with Crippen molar-refractivity contribution >= 4 is 45.8 Å². The van der Waals surface area contributed by atoms with Crippen molar-refractivity contribution in [3.63, 3.8) is 0 Å². The van der Waals surface area contributed by atoms with Gasteiger partial charge in [0.05, 0.1) is 17.4 Å². The van der Waals surface area contributed by atoms with E-state index in [1.54, 1.807) is 30.9 Å². The molecule has 0 N–H and O–H groups in total. The molecular weight excluding hydrogens is 314 g/mol. The fraction of sp³-hybridized carbons (Fsp3) is 0.188. The summed E-state index contributed by atoms with van der Waals surface area (Å²) in [7, 11) is 3.32. The lowest BCUT2D eigenvalue weighted by Crippen LogP contribution is -2.27. The molecule has 0 spiro atoms. The van der Waals surface area contributed by atoms with E-state index in [0.717, 1.165) is 16.5 Å². The highest BCUT2D eigenvalue weighted by molar-refractivity contribution is 8.18. The van der Waals surface area contributed by atoms with Crippen molar-refractivity contribution < 1.29 is 14.7 Å². The molecule has 6 nitrogen and oxygen atoms in total. The molecule has 0 unspecified atom stereocenters. The predicted molar refractivity (Wildman–Crippen MR) is 88.6 cm³/mol. The summed E-state index contributed by atoms with van der Waals surface area (Å²) in [5.41, 5.74) is 1.58. The number of hydrogen-bond donors (Lipinski definition) is 0. The maximum Gasteiger partial charge on any atom is 0.266 e. The first-order chi connectivity index (χ1) is 11.0. The van der Waals surface area contributed by atoms with E-state index in [0.29, 0.717) is 10.1 Å². The van der Waals surface area contributed by atoms with E-state index < -0.39 is 5.97 Å². The number of aromatic nitrogens is 1. The molecule has 118 valence electrons. The maximum atomic E-state index is 12.2. The number of benzene rings is 1. The first-order valence-corrected chi connectivity index (χ1v) is 7.75. The second kappa shape index (κ2) is 5.92. The van der Waals surface area contributed by atoms with Gasteiger partial charge in [0.1, 0.15) is 0 Å². The molecular formula is C16H14N3O3S-. The highest BCUT2D eigenvalue weighted by Crippen LogP contribution is 2.33. The van der Waals surface area contributed by atoms with E-state index in [1.165, 1.54) is 16.7 Å². The number of para-hydroxylation sites is 1. The zero-order valence-electron chi connectivity index (χ0n) is 12.6. The molecule has 0 aliphatic carbocycles. The molecule has 2 heterocycles. The smallest absolute Gasteiger partial charge is 0.266 e. The zero-order chi connectivity index (χ0) is 16.6. The number of amidine groups is 1. The fourth-order valence-electron chi connectivity index (χ4n) is 2.55. The molecule has 1 amide bonds. The van der Waals surface area contributed by atoms with Gasteiger partial charge in [-0.25, -0.2) is 0 Å². The largest absolute Gasteiger partial charge is 0.548 e. The molecule has 0 radical (unpaired) electrons. The number of thioether (sulfide) groups is 1. The van der Waals surface area contributed by atoms with Crippen LogP contribution in [0.1, 0.15) is 5.56 Å². The summed E-state index contributed by atoms with van der Waals surface area (Å²) in [6, 6.07) is 7.46. The Labute approximate surface area is 137 Å². The number of carbonyl (C=O) groups is 2. The number of likely N-dealkylation sites (N-methyl/N-ethyl adjacent to an activating group) is 1. The molecule has 23 heavy (non-hydrogen) atoms. The lowest BCUT2D eigenvalue weighted by atomic mass is 10.1. The molecule has 2 aromatic rings. The molecule has 7 heteroatoms. The van der Waals surface area contributed by atoms with Crippen LogP contribution in [-0.4, -0.2) is 40.6 Å². The van der Waals surface area contributed by atoms with Crippen molar-refractivity contribution in [3.8, 4) is 0 Å². The van der Waals surface area contributed by atoms with Crippen LogP contribution in [0.3, 0.4) is 0 Å². The quantitative estimate of drug-likeness (QED) is 0.785. The van der Waals surface area contributed by atoms with Crippen LogP contribution in [0.5, 0.6) is 0 Å². The molecule has 1 aliphatic rings. The molecule has 0 bridgehead atoms. The van der Waals surface area contributed by atoms with Gasteiger partial charge in [-0.1, -0.05) is 18.2 Å². The van der Waals surface area contributed by atoms with Crippen LogP contribution >= 0.6 is 11.8 Å². The van der Waals surface area contributed by atoms with Crippen LogP contribution in [0.15, 0.2) is 40.4 Å². The lowest BCUT2D eigenvalue weighted by molar-refractivity contribution is -0.306. The van der Waals surface area contributed by atoms with Gasteiger partial charge in [-0.05, 0) is 23.9 Å². The van der Waals surface area contributed by atoms with Crippen molar-refractivity contribution in [3.05, 3.63) is 40.9 Å². The molecule has 1 aromatic heterocycles. The van der Waals surface area contributed by atoms with Crippen molar-refractivity contribution in [2.24, 2.45) is 4.99 Å². The van der Waals surface area contributed by atoms with Gasteiger partial charge in [-0.3, -0.25) is 14.7 Å². The predicted octanol–water partition coefficient (Wildman–Crippen LogP) is 0.923. The summed E-state index contributed by atoms with van der Waals surface area (Å²) < 4.78 is 1.61. The Morgan fingerprint density at radius 2 is 2.13 bits per heavy atom. The minimum atomic E-state index is -1.16. The number of rotatable bonds is 3. The summed E-state index contributed by atoms with van der Waals surface area (Å²) in [5.74, 6) is -1.27. The number of nitrogens with zero attached hydrogens (tertiary/aromatic N) is 3. The molecule has 0 atom stereocenters. The molecule has 0 saturated carbocycles.